The first kappa shape index (κ1) is 16.8. The molecule has 1 aromatic heterocycles. The number of aliphatic hydroxyl groups excluding tert-OH is 1. The van der Waals surface area contributed by atoms with E-state index in [0.717, 1.165) is 12.8 Å². The van der Waals surface area contributed by atoms with Crippen molar-refractivity contribution < 1.29 is 9.90 Å². The van der Waals surface area contributed by atoms with Crippen LogP contribution in [0.2, 0.25) is 0 Å². The van der Waals surface area contributed by atoms with Gasteiger partial charge in [-0.1, -0.05) is 30.3 Å². The van der Waals surface area contributed by atoms with Gasteiger partial charge in [-0.25, -0.2) is 4.79 Å². The fraction of sp³-hybridized carbons (Fsp3) is 0.375. The van der Waals surface area contributed by atoms with E-state index in [4.69, 9.17) is 11.5 Å². The highest BCUT2D eigenvalue weighted by atomic mass is 16.3. The van der Waals surface area contributed by atoms with Gasteiger partial charge in [-0.2, -0.15) is 0 Å². The molecule has 0 bridgehead atoms. The van der Waals surface area contributed by atoms with Crippen molar-refractivity contribution in [1.29, 1.82) is 0 Å². The number of anilines is 1. The van der Waals surface area contributed by atoms with Gasteiger partial charge in [0.15, 0.2) is 0 Å². The predicted molar refractivity (Wildman–Crippen MR) is 88.1 cm³/mol. The lowest BCUT2D eigenvalue weighted by Gasteiger charge is -2.22. The van der Waals surface area contributed by atoms with Crippen LogP contribution in [0.15, 0.2) is 35.1 Å². The molecule has 0 aliphatic rings. The summed E-state index contributed by atoms with van der Waals surface area (Å²) in [4.78, 5) is 25.7. The lowest BCUT2D eigenvalue weighted by atomic mass is 10.0. The van der Waals surface area contributed by atoms with Crippen molar-refractivity contribution in [2.75, 3.05) is 5.73 Å². The summed E-state index contributed by atoms with van der Waals surface area (Å²) in [5.74, 6) is -0.833. The normalized spacial score (nSPS) is 13.7. The predicted octanol–water partition coefficient (Wildman–Crippen LogP) is 0.802. The van der Waals surface area contributed by atoms with E-state index in [0.29, 0.717) is 6.42 Å². The highest BCUT2D eigenvalue weighted by Crippen LogP contribution is 2.22. The summed E-state index contributed by atoms with van der Waals surface area (Å²) < 4.78 is 1.22. The second kappa shape index (κ2) is 7.15. The van der Waals surface area contributed by atoms with Crippen LogP contribution in [0, 0.1) is 0 Å². The Morgan fingerprint density at radius 3 is 2.52 bits per heavy atom. The van der Waals surface area contributed by atoms with Crippen LogP contribution in [0.5, 0.6) is 0 Å². The highest BCUT2D eigenvalue weighted by Gasteiger charge is 2.25. The van der Waals surface area contributed by atoms with Gasteiger partial charge in [0.25, 0.3) is 5.91 Å². The molecule has 2 aromatic rings. The number of amides is 1. The molecule has 7 heteroatoms. The van der Waals surface area contributed by atoms with E-state index in [1.54, 1.807) is 6.92 Å². The Morgan fingerprint density at radius 1 is 1.35 bits per heavy atom. The number of hydrogen-bond acceptors (Lipinski definition) is 4. The molecule has 0 saturated carbocycles. The third-order valence-corrected chi connectivity index (χ3v) is 3.91. The minimum absolute atomic E-state index is 0.0342. The summed E-state index contributed by atoms with van der Waals surface area (Å²) in [6, 6.07) is 9.42. The highest BCUT2D eigenvalue weighted by molar-refractivity contribution is 5.95. The SMILES string of the molecule is CC(O)C(CCCc1ccccc1)n1c(N)c(C(N)=O)[nH]c1=O. The number of nitrogens with zero attached hydrogens (tertiary/aromatic N) is 1. The molecule has 0 radical (unpaired) electrons. The lowest BCUT2D eigenvalue weighted by Crippen LogP contribution is -2.30. The number of aliphatic hydroxyl groups is 1. The number of imidazole rings is 1. The van der Waals surface area contributed by atoms with Crippen molar-refractivity contribution in [2.45, 2.75) is 38.3 Å². The molecule has 2 atom stereocenters. The van der Waals surface area contributed by atoms with E-state index >= 15 is 0 Å². The van der Waals surface area contributed by atoms with E-state index in [1.165, 1.54) is 10.1 Å². The Labute approximate surface area is 133 Å². The van der Waals surface area contributed by atoms with Gasteiger partial charge in [0, 0.05) is 0 Å². The quantitative estimate of drug-likeness (QED) is 0.602. The molecule has 0 fully saturated rings. The number of carbonyl (C=O) groups is 1. The minimum Gasteiger partial charge on any atom is -0.391 e. The zero-order chi connectivity index (χ0) is 17.0. The standard InChI is InChI=1S/C16H22N4O3/c1-10(21)12(9-5-8-11-6-3-2-4-7-11)20-14(17)13(15(18)22)19-16(20)23/h2-4,6-7,10,12,21H,5,8-9,17H2,1H3,(H2,18,22)(H,19,23). The van der Waals surface area contributed by atoms with E-state index in [-0.39, 0.29) is 11.5 Å². The molecule has 6 N–H and O–H groups in total. The molecule has 0 spiro atoms. The maximum atomic E-state index is 12.1. The van der Waals surface area contributed by atoms with Gasteiger partial charge < -0.3 is 16.6 Å². The third-order valence-electron chi connectivity index (χ3n) is 3.91. The Morgan fingerprint density at radius 2 is 2.00 bits per heavy atom. The summed E-state index contributed by atoms with van der Waals surface area (Å²) in [5.41, 5.74) is 11.6. The van der Waals surface area contributed by atoms with Crippen LogP contribution in [-0.4, -0.2) is 26.7 Å². The smallest absolute Gasteiger partial charge is 0.328 e. The van der Waals surface area contributed by atoms with Gasteiger partial charge >= 0.3 is 5.69 Å². The van der Waals surface area contributed by atoms with Gasteiger partial charge in [-0.3, -0.25) is 14.3 Å². The Hall–Kier alpha value is -2.54. The van der Waals surface area contributed by atoms with E-state index in [1.807, 2.05) is 30.3 Å². The number of nitrogens with two attached hydrogens (primary N) is 2. The number of aryl methyl sites for hydroxylation is 1. The minimum atomic E-state index is -0.799. The molecule has 2 unspecified atom stereocenters. The van der Waals surface area contributed by atoms with Crippen LogP contribution in [0.3, 0.4) is 0 Å². The molecular formula is C16H22N4O3. The summed E-state index contributed by atoms with van der Waals surface area (Å²) in [7, 11) is 0. The van der Waals surface area contributed by atoms with Crippen molar-refractivity contribution in [3.05, 3.63) is 52.1 Å². The number of primary amides is 1. The van der Waals surface area contributed by atoms with Crippen molar-refractivity contribution in [3.63, 3.8) is 0 Å². The summed E-state index contributed by atoms with van der Waals surface area (Å²) in [6.45, 7) is 1.59. The molecule has 23 heavy (non-hydrogen) atoms. The maximum absolute atomic E-state index is 12.1. The van der Waals surface area contributed by atoms with Gasteiger partial charge in [0.1, 0.15) is 11.5 Å². The number of aromatic nitrogens is 2. The molecule has 1 heterocycles. The molecule has 1 aromatic carbocycles. The number of benzene rings is 1. The van der Waals surface area contributed by atoms with Crippen LogP contribution in [0.25, 0.3) is 0 Å². The van der Waals surface area contributed by atoms with Crippen LogP contribution < -0.4 is 17.2 Å². The van der Waals surface area contributed by atoms with E-state index in [2.05, 4.69) is 4.98 Å². The number of aromatic amines is 1. The van der Waals surface area contributed by atoms with Gasteiger partial charge in [0.2, 0.25) is 0 Å². The zero-order valence-electron chi connectivity index (χ0n) is 13.0. The number of carbonyl (C=O) groups excluding carboxylic acids is 1. The Kier molecular flexibility index (Phi) is 5.23. The topological polar surface area (TPSA) is 127 Å². The van der Waals surface area contributed by atoms with Crippen molar-refractivity contribution >= 4 is 11.7 Å². The summed E-state index contributed by atoms with van der Waals surface area (Å²) in [5, 5.41) is 10.0. The molecule has 0 aliphatic heterocycles. The average molecular weight is 318 g/mol. The Balaban J connectivity index is 2.16. The fourth-order valence-electron chi connectivity index (χ4n) is 2.72. The van der Waals surface area contributed by atoms with Crippen LogP contribution in [0.4, 0.5) is 5.82 Å². The number of H-pyrrole nitrogens is 1. The van der Waals surface area contributed by atoms with E-state index in [9.17, 15) is 14.7 Å². The maximum Gasteiger partial charge on any atom is 0.328 e. The monoisotopic (exact) mass is 318 g/mol. The van der Waals surface area contributed by atoms with Crippen molar-refractivity contribution in [3.8, 4) is 0 Å². The molecule has 1 amide bonds. The largest absolute Gasteiger partial charge is 0.391 e. The summed E-state index contributed by atoms with van der Waals surface area (Å²) in [6.07, 6.45) is 1.35. The molecule has 7 nitrogen and oxygen atoms in total. The number of nitrogens with one attached hydrogen (secondary N) is 1. The lowest BCUT2D eigenvalue weighted by molar-refractivity contribution is 0.0996. The van der Waals surface area contributed by atoms with Gasteiger partial charge in [0.05, 0.1) is 12.1 Å². The number of hydrogen-bond donors (Lipinski definition) is 4. The molecule has 0 aliphatic carbocycles. The average Bonchev–Trinajstić information content (AvgIpc) is 2.80. The van der Waals surface area contributed by atoms with Crippen molar-refractivity contribution in [2.24, 2.45) is 5.73 Å². The van der Waals surface area contributed by atoms with Crippen LogP contribution in [-0.2, 0) is 6.42 Å². The van der Waals surface area contributed by atoms with Gasteiger partial charge in [-0.05, 0) is 31.7 Å². The molecular weight excluding hydrogens is 296 g/mol. The van der Waals surface area contributed by atoms with E-state index < -0.39 is 23.7 Å². The first-order valence-corrected chi connectivity index (χ1v) is 7.53. The fourth-order valence-corrected chi connectivity index (χ4v) is 2.72. The zero-order valence-corrected chi connectivity index (χ0v) is 13.0. The molecule has 2 rings (SSSR count). The van der Waals surface area contributed by atoms with Crippen LogP contribution >= 0.6 is 0 Å². The second-order valence-corrected chi connectivity index (χ2v) is 5.61. The first-order valence-electron chi connectivity index (χ1n) is 7.53. The second-order valence-electron chi connectivity index (χ2n) is 5.61. The Bertz CT molecular complexity index is 719. The number of nitrogen functional groups attached to an aromatic ring is 1. The molecule has 0 saturated heterocycles. The molecule has 124 valence electrons. The third kappa shape index (κ3) is 3.81. The number of rotatable bonds is 7. The van der Waals surface area contributed by atoms with Gasteiger partial charge in [-0.15, -0.1) is 0 Å². The van der Waals surface area contributed by atoms with Crippen molar-refractivity contribution in [1.82, 2.24) is 9.55 Å². The van der Waals surface area contributed by atoms with Crippen LogP contribution in [0.1, 0.15) is 41.9 Å². The first-order chi connectivity index (χ1) is 10.9. The summed E-state index contributed by atoms with van der Waals surface area (Å²) >= 11 is 0.